The number of nitrogen functional groups attached to an aromatic ring is 1. The minimum absolute atomic E-state index is 0.0108. The summed E-state index contributed by atoms with van der Waals surface area (Å²) in [6.45, 7) is 1.91. The number of carbonyl (C=O) groups excluding carboxylic acids is 1. The molecule has 0 spiro atoms. The van der Waals surface area contributed by atoms with Crippen LogP contribution in [0, 0.1) is 6.92 Å². The van der Waals surface area contributed by atoms with Crippen LogP contribution in [0.1, 0.15) is 21.5 Å². The van der Waals surface area contributed by atoms with Crippen LogP contribution in [-0.4, -0.2) is 5.91 Å². The van der Waals surface area contributed by atoms with Crippen molar-refractivity contribution in [2.45, 2.75) is 13.5 Å². The Bertz CT molecular complexity index is 664. The van der Waals surface area contributed by atoms with Gasteiger partial charge in [0.05, 0.1) is 5.69 Å². The summed E-state index contributed by atoms with van der Waals surface area (Å²) in [6.07, 6.45) is 0. The number of carbonyl (C=O) groups is 1. The van der Waals surface area contributed by atoms with Crippen molar-refractivity contribution >= 4 is 11.6 Å². The number of nitrogens with two attached hydrogens (primary N) is 1. The van der Waals surface area contributed by atoms with Crippen molar-refractivity contribution in [2.24, 2.45) is 0 Å². The number of aryl methyl sites for hydroxylation is 1. The van der Waals surface area contributed by atoms with Crippen LogP contribution in [0.4, 0.5) is 5.69 Å². The van der Waals surface area contributed by atoms with E-state index in [1.54, 1.807) is 12.1 Å². The highest BCUT2D eigenvalue weighted by Crippen LogP contribution is 2.05. The van der Waals surface area contributed by atoms with Gasteiger partial charge in [-0.05, 0) is 19.1 Å². The number of nitrogens with one attached hydrogen (secondary N) is 1. The van der Waals surface area contributed by atoms with Gasteiger partial charge in [-0.1, -0.05) is 17.7 Å². The first kappa shape index (κ1) is 12.0. The molecule has 0 heterocycles. The maximum absolute atomic E-state index is 11.7. The van der Waals surface area contributed by atoms with Gasteiger partial charge in [-0.15, -0.1) is 0 Å². The van der Waals surface area contributed by atoms with Gasteiger partial charge in [-0.25, -0.2) is 0 Å². The molecule has 3 N–H and O–H groups in total. The van der Waals surface area contributed by atoms with Crippen molar-refractivity contribution in [1.29, 1.82) is 0 Å². The summed E-state index contributed by atoms with van der Waals surface area (Å²) in [5.74, 6) is -0.303. The SMILES string of the molecule is Cc1ccc(C(=O)NCc2c(N)c(=O)c2=O)cc1. The Kier molecular flexibility index (Phi) is 2.97. The molecule has 0 aliphatic heterocycles. The maximum Gasteiger partial charge on any atom is 0.251 e. The third-order valence-corrected chi connectivity index (χ3v) is 2.79. The lowest BCUT2D eigenvalue weighted by molar-refractivity contribution is 0.0951. The molecule has 0 radical (unpaired) electrons. The normalized spacial score (nSPS) is 10.5. The average molecular weight is 244 g/mol. The highest BCUT2D eigenvalue weighted by molar-refractivity contribution is 5.94. The molecule has 18 heavy (non-hydrogen) atoms. The summed E-state index contributed by atoms with van der Waals surface area (Å²) in [5.41, 5.74) is 5.75. The predicted octanol–water partition coefficient (Wildman–Crippen LogP) is 0.103. The second-order valence-corrected chi connectivity index (χ2v) is 4.10. The Morgan fingerprint density at radius 1 is 1.17 bits per heavy atom. The molecule has 0 aliphatic carbocycles. The fourth-order valence-corrected chi connectivity index (χ4v) is 1.61. The summed E-state index contributed by atoms with van der Waals surface area (Å²) < 4.78 is 0. The number of anilines is 1. The van der Waals surface area contributed by atoms with Crippen molar-refractivity contribution < 1.29 is 4.79 Å². The fraction of sp³-hybridized carbons (Fsp3) is 0.154. The van der Waals surface area contributed by atoms with Gasteiger partial charge in [-0.2, -0.15) is 0 Å². The van der Waals surface area contributed by atoms with Gasteiger partial charge in [-0.3, -0.25) is 14.4 Å². The van der Waals surface area contributed by atoms with E-state index in [9.17, 15) is 14.4 Å². The molecule has 0 aliphatic rings. The summed E-state index contributed by atoms with van der Waals surface area (Å²) >= 11 is 0. The summed E-state index contributed by atoms with van der Waals surface area (Å²) in [6, 6.07) is 7.02. The molecule has 92 valence electrons. The van der Waals surface area contributed by atoms with Gasteiger partial charge < -0.3 is 11.1 Å². The van der Waals surface area contributed by atoms with E-state index < -0.39 is 10.9 Å². The topological polar surface area (TPSA) is 89.3 Å². The van der Waals surface area contributed by atoms with E-state index in [0.29, 0.717) is 5.56 Å². The lowest BCUT2D eigenvalue weighted by Gasteiger charge is -2.08. The highest BCUT2D eigenvalue weighted by Gasteiger charge is 2.18. The van der Waals surface area contributed by atoms with Gasteiger partial charge >= 0.3 is 0 Å². The number of hydrogen-bond acceptors (Lipinski definition) is 4. The minimum Gasteiger partial charge on any atom is -0.395 e. The van der Waals surface area contributed by atoms with Gasteiger partial charge in [0.1, 0.15) is 0 Å². The first-order valence-corrected chi connectivity index (χ1v) is 5.43. The van der Waals surface area contributed by atoms with Crippen molar-refractivity contribution in [2.75, 3.05) is 5.73 Å². The molecule has 0 saturated carbocycles. The van der Waals surface area contributed by atoms with Crippen molar-refractivity contribution in [3.05, 3.63) is 61.4 Å². The highest BCUT2D eigenvalue weighted by atomic mass is 16.2. The molecular formula is C13H12N2O3. The lowest BCUT2D eigenvalue weighted by Crippen LogP contribution is -2.41. The quantitative estimate of drug-likeness (QED) is 0.749. The molecule has 0 aromatic heterocycles. The van der Waals surface area contributed by atoms with Crippen LogP contribution in [0.2, 0.25) is 0 Å². The number of amides is 1. The molecule has 0 unspecified atom stereocenters. The van der Waals surface area contributed by atoms with Crippen LogP contribution in [0.15, 0.2) is 33.9 Å². The summed E-state index contributed by atoms with van der Waals surface area (Å²) in [5, 5.41) is 2.55. The molecule has 2 aromatic carbocycles. The Hall–Kier alpha value is -2.43. The molecule has 5 nitrogen and oxygen atoms in total. The second kappa shape index (κ2) is 4.44. The molecule has 1 amide bonds. The van der Waals surface area contributed by atoms with E-state index in [1.807, 2.05) is 19.1 Å². The van der Waals surface area contributed by atoms with E-state index in [0.717, 1.165) is 5.56 Å². The van der Waals surface area contributed by atoms with E-state index >= 15 is 0 Å². The maximum atomic E-state index is 11.7. The van der Waals surface area contributed by atoms with Crippen molar-refractivity contribution in [1.82, 2.24) is 5.32 Å². The summed E-state index contributed by atoms with van der Waals surface area (Å²) in [7, 11) is 0. The molecule has 0 saturated heterocycles. The Balaban J connectivity index is 2.04. The first-order chi connectivity index (χ1) is 8.50. The Morgan fingerprint density at radius 2 is 1.78 bits per heavy atom. The zero-order valence-electron chi connectivity index (χ0n) is 9.82. The van der Waals surface area contributed by atoms with Gasteiger partial charge in [0.15, 0.2) is 0 Å². The van der Waals surface area contributed by atoms with Crippen LogP contribution in [-0.2, 0) is 6.54 Å². The average Bonchev–Trinajstić information content (AvgIpc) is 2.38. The van der Waals surface area contributed by atoms with Gasteiger partial charge in [0.2, 0.25) is 10.9 Å². The van der Waals surface area contributed by atoms with Crippen LogP contribution in [0.25, 0.3) is 0 Å². The van der Waals surface area contributed by atoms with E-state index in [1.165, 1.54) is 0 Å². The van der Waals surface area contributed by atoms with Crippen molar-refractivity contribution in [3.8, 4) is 0 Å². The third-order valence-electron chi connectivity index (χ3n) is 2.79. The zero-order valence-corrected chi connectivity index (χ0v) is 9.82. The molecular weight excluding hydrogens is 232 g/mol. The van der Waals surface area contributed by atoms with E-state index in [2.05, 4.69) is 5.32 Å². The van der Waals surface area contributed by atoms with Crippen LogP contribution in [0.3, 0.4) is 0 Å². The molecule has 5 heteroatoms. The Morgan fingerprint density at radius 3 is 2.33 bits per heavy atom. The Labute approximate surface area is 103 Å². The van der Waals surface area contributed by atoms with Crippen LogP contribution in [0.5, 0.6) is 0 Å². The van der Waals surface area contributed by atoms with E-state index in [4.69, 9.17) is 5.73 Å². The molecule has 0 atom stereocenters. The molecule has 2 aromatic rings. The predicted molar refractivity (Wildman–Crippen MR) is 68.1 cm³/mol. The zero-order chi connectivity index (χ0) is 13.3. The van der Waals surface area contributed by atoms with Crippen LogP contribution >= 0.6 is 0 Å². The van der Waals surface area contributed by atoms with E-state index in [-0.39, 0.29) is 23.7 Å². The lowest BCUT2D eigenvalue weighted by atomic mass is 10.1. The number of hydrogen-bond donors (Lipinski definition) is 2. The summed E-state index contributed by atoms with van der Waals surface area (Å²) in [4.78, 5) is 33.7. The first-order valence-electron chi connectivity index (χ1n) is 5.43. The molecule has 0 fully saturated rings. The standard InChI is InChI=1S/C13H12N2O3/c1-7-2-4-8(5-3-7)13(18)15-6-9-10(14)12(17)11(9)16/h2-5H,6,14H2,1H3,(H,15,18). The van der Waals surface area contributed by atoms with Crippen LogP contribution < -0.4 is 21.9 Å². The number of benzene rings is 1. The minimum atomic E-state index is -0.672. The van der Waals surface area contributed by atoms with Crippen molar-refractivity contribution in [3.63, 3.8) is 0 Å². The second-order valence-electron chi connectivity index (χ2n) is 4.10. The largest absolute Gasteiger partial charge is 0.395 e. The fourth-order valence-electron chi connectivity index (χ4n) is 1.61. The van der Waals surface area contributed by atoms with Gasteiger partial charge in [0, 0.05) is 17.7 Å². The van der Waals surface area contributed by atoms with Gasteiger partial charge in [0.25, 0.3) is 5.91 Å². The molecule has 2 rings (SSSR count). The number of rotatable bonds is 3. The monoisotopic (exact) mass is 244 g/mol. The third kappa shape index (κ3) is 2.02. The smallest absolute Gasteiger partial charge is 0.251 e. The molecule has 0 bridgehead atoms.